The SMILES string of the molecule is N#CCc1ccc(NCC(O)c2ccc(F)cc2F)cc1. The van der Waals surface area contributed by atoms with Gasteiger partial charge in [0.05, 0.1) is 18.6 Å². The molecule has 0 amide bonds. The number of halogens is 2. The fourth-order valence-electron chi connectivity index (χ4n) is 1.93. The first-order chi connectivity index (χ1) is 10.1. The smallest absolute Gasteiger partial charge is 0.131 e. The van der Waals surface area contributed by atoms with E-state index in [1.807, 2.05) is 0 Å². The average molecular weight is 288 g/mol. The minimum absolute atomic E-state index is 0.0463. The Morgan fingerprint density at radius 1 is 1.14 bits per heavy atom. The number of rotatable bonds is 5. The van der Waals surface area contributed by atoms with Crippen LogP contribution in [0.5, 0.6) is 0 Å². The molecule has 0 saturated carbocycles. The van der Waals surface area contributed by atoms with E-state index in [4.69, 9.17) is 5.26 Å². The van der Waals surface area contributed by atoms with Gasteiger partial charge >= 0.3 is 0 Å². The second-order valence-electron chi connectivity index (χ2n) is 4.59. The Morgan fingerprint density at radius 3 is 2.48 bits per heavy atom. The van der Waals surface area contributed by atoms with Crippen LogP contribution in [0.3, 0.4) is 0 Å². The summed E-state index contributed by atoms with van der Waals surface area (Å²) in [5.74, 6) is -1.45. The summed E-state index contributed by atoms with van der Waals surface area (Å²) in [7, 11) is 0. The molecule has 0 spiro atoms. The van der Waals surface area contributed by atoms with Crippen molar-refractivity contribution in [1.82, 2.24) is 0 Å². The Morgan fingerprint density at radius 2 is 1.86 bits per heavy atom. The summed E-state index contributed by atoms with van der Waals surface area (Å²) in [5, 5.41) is 21.5. The van der Waals surface area contributed by atoms with Gasteiger partial charge in [-0.3, -0.25) is 0 Å². The van der Waals surface area contributed by atoms with Crippen molar-refractivity contribution in [3.8, 4) is 6.07 Å². The first kappa shape index (κ1) is 14.9. The van der Waals surface area contributed by atoms with Crippen LogP contribution in [0.25, 0.3) is 0 Å². The molecule has 0 radical (unpaired) electrons. The summed E-state index contributed by atoms with van der Waals surface area (Å²) in [5.41, 5.74) is 1.69. The molecule has 0 aliphatic carbocycles. The molecule has 108 valence electrons. The van der Waals surface area contributed by atoms with Gasteiger partial charge in [-0.05, 0) is 23.8 Å². The molecule has 1 unspecified atom stereocenters. The van der Waals surface area contributed by atoms with Gasteiger partial charge in [0.15, 0.2) is 0 Å². The summed E-state index contributed by atoms with van der Waals surface area (Å²) in [6, 6.07) is 12.3. The number of nitrogens with zero attached hydrogens (tertiary/aromatic N) is 1. The minimum Gasteiger partial charge on any atom is -0.386 e. The van der Waals surface area contributed by atoms with E-state index >= 15 is 0 Å². The highest BCUT2D eigenvalue weighted by Gasteiger charge is 2.13. The van der Waals surface area contributed by atoms with Crippen molar-refractivity contribution >= 4 is 5.69 Å². The third kappa shape index (κ3) is 4.01. The molecule has 0 heterocycles. The van der Waals surface area contributed by atoms with Crippen LogP contribution >= 0.6 is 0 Å². The van der Waals surface area contributed by atoms with Crippen molar-refractivity contribution in [3.63, 3.8) is 0 Å². The van der Waals surface area contributed by atoms with Gasteiger partial charge in [0, 0.05) is 23.9 Å². The third-order valence-electron chi connectivity index (χ3n) is 3.06. The number of aliphatic hydroxyl groups is 1. The lowest BCUT2D eigenvalue weighted by atomic mass is 10.1. The molecule has 5 heteroatoms. The Labute approximate surface area is 121 Å². The number of nitrogens with one attached hydrogen (secondary N) is 1. The first-order valence-corrected chi connectivity index (χ1v) is 6.43. The Hall–Kier alpha value is -2.45. The summed E-state index contributed by atoms with van der Waals surface area (Å²) in [4.78, 5) is 0. The summed E-state index contributed by atoms with van der Waals surface area (Å²) in [6.45, 7) is 0.0974. The van der Waals surface area contributed by atoms with Crippen LogP contribution in [-0.2, 0) is 6.42 Å². The Bertz CT molecular complexity index is 650. The molecule has 2 rings (SSSR count). The molecular formula is C16H14F2N2O. The van der Waals surface area contributed by atoms with E-state index in [9.17, 15) is 13.9 Å². The molecule has 0 aliphatic heterocycles. The average Bonchev–Trinajstić information content (AvgIpc) is 2.46. The summed E-state index contributed by atoms with van der Waals surface area (Å²) < 4.78 is 26.3. The zero-order chi connectivity index (χ0) is 15.2. The molecule has 1 atom stereocenters. The minimum atomic E-state index is -1.08. The van der Waals surface area contributed by atoms with E-state index < -0.39 is 17.7 Å². The second kappa shape index (κ2) is 6.82. The highest BCUT2D eigenvalue weighted by Crippen LogP contribution is 2.19. The molecule has 0 saturated heterocycles. The Balaban J connectivity index is 1.97. The van der Waals surface area contributed by atoms with E-state index in [2.05, 4.69) is 11.4 Å². The summed E-state index contributed by atoms with van der Waals surface area (Å²) >= 11 is 0. The second-order valence-corrected chi connectivity index (χ2v) is 4.59. The van der Waals surface area contributed by atoms with Gasteiger partial charge in [0.1, 0.15) is 11.6 Å². The Kier molecular flexibility index (Phi) is 4.85. The molecule has 0 aromatic heterocycles. The van der Waals surface area contributed by atoms with Crippen LogP contribution in [0.4, 0.5) is 14.5 Å². The number of aliphatic hydroxyl groups excluding tert-OH is 1. The highest BCUT2D eigenvalue weighted by atomic mass is 19.1. The van der Waals surface area contributed by atoms with Gasteiger partial charge in [-0.15, -0.1) is 0 Å². The van der Waals surface area contributed by atoms with Crippen molar-refractivity contribution in [3.05, 3.63) is 65.2 Å². The molecule has 3 nitrogen and oxygen atoms in total. The molecule has 2 aromatic rings. The predicted octanol–water partition coefficient (Wildman–Crippen LogP) is 3.18. The van der Waals surface area contributed by atoms with Crippen molar-refractivity contribution in [1.29, 1.82) is 5.26 Å². The van der Waals surface area contributed by atoms with Gasteiger partial charge < -0.3 is 10.4 Å². The van der Waals surface area contributed by atoms with Crippen molar-refractivity contribution in [2.24, 2.45) is 0 Å². The molecule has 2 aromatic carbocycles. The van der Waals surface area contributed by atoms with Crippen molar-refractivity contribution in [2.45, 2.75) is 12.5 Å². The predicted molar refractivity (Wildman–Crippen MR) is 75.6 cm³/mol. The van der Waals surface area contributed by atoms with E-state index in [0.717, 1.165) is 23.4 Å². The van der Waals surface area contributed by atoms with E-state index in [1.165, 1.54) is 6.07 Å². The largest absolute Gasteiger partial charge is 0.386 e. The van der Waals surface area contributed by atoms with Gasteiger partial charge in [-0.25, -0.2) is 8.78 Å². The van der Waals surface area contributed by atoms with Crippen LogP contribution in [0.15, 0.2) is 42.5 Å². The quantitative estimate of drug-likeness (QED) is 0.888. The monoisotopic (exact) mass is 288 g/mol. The standard InChI is InChI=1S/C16H14F2N2O/c17-12-3-6-14(15(18)9-12)16(21)10-20-13-4-1-11(2-5-13)7-8-19/h1-6,9,16,20-21H,7,10H2. The molecule has 2 N–H and O–H groups in total. The lowest BCUT2D eigenvalue weighted by Crippen LogP contribution is -2.13. The maximum Gasteiger partial charge on any atom is 0.131 e. The third-order valence-corrected chi connectivity index (χ3v) is 3.06. The number of hydrogen-bond acceptors (Lipinski definition) is 3. The maximum atomic E-state index is 13.5. The number of hydrogen-bond donors (Lipinski definition) is 2. The van der Waals surface area contributed by atoms with Crippen LogP contribution in [-0.4, -0.2) is 11.7 Å². The first-order valence-electron chi connectivity index (χ1n) is 6.43. The molecular weight excluding hydrogens is 274 g/mol. The van der Waals surface area contributed by atoms with Gasteiger partial charge in [-0.2, -0.15) is 5.26 Å². The molecule has 21 heavy (non-hydrogen) atoms. The van der Waals surface area contributed by atoms with Crippen LogP contribution in [0, 0.1) is 23.0 Å². The van der Waals surface area contributed by atoms with Gasteiger partial charge in [-0.1, -0.05) is 18.2 Å². The van der Waals surface area contributed by atoms with Crippen molar-refractivity contribution < 1.29 is 13.9 Å². The van der Waals surface area contributed by atoms with Crippen molar-refractivity contribution in [2.75, 3.05) is 11.9 Å². The number of anilines is 1. The normalized spacial score (nSPS) is 11.7. The van der Waals surface area contributed by atoms with Crippen LogP contribution in [0.2, 0.25) is 0 Å². The van der Waals surface area contributed by atoms with Crippen LogP contribution in [0.1, 0.15) is 17.2 Å². The summed E-state index contributed by atoms with van der Waals surface area (Å²) in [6.07, 6.45) is -0.742. The molecule has 0 fully saturated rings. The van der Waals surface area contributed by atoms with Gasteiger partial charge in [0.2, 0.25) is 0 Å². The van der Waals surface area contributed by atoms with E-state index in [1.54, 1.807) is 24.3 Å². The zero-order valence-electron chi connectivity index (χ0n) is 11.2. The zero-order valence-corrected chi connectivity index (χ0v) is 11.2. The lowest BCUT2D eigenvalue weighted by Gasteiger charge is -2.14. The fourth-order valence-corrected chi connectivity index (χ4v) is 1.93. The van der Waals surface area contributed by atoms with E-state index in [-0.39, 0.29) is 12.1 Å². The molecule has 0 aliphatic rings. The topological polar surface area (TPSA) is 56.0 Å². The lowest BCUT2D eigenvalue weighted by molar-refractivity contribution is 0.186. The van der Waals surface area contributed by atoms with E-state index in [0.29, 0.717) is 6.42 Å². The highest BCUT2D eigenvalue weighted by molar-refractivity contribution is 5.45. The van der Waals surface area contributed by atoms with Gasteiger partial charge in [0.25, 0.3) is 0 Å². The maximum absolute atomic E-state index is 13.5. The van der Waals surface area contributed by atoms with Crippen LogP contribution < -0.4 is 5.32 Å². The fraction of sp³-hybridized carbons (Fsp3) is 0.188. The molecule has 0 bridgehead atoms. The number of benzene rings is 2. The number of nitriles is 1.